The highest BCUT2D eigenvalue weighted by atomic mass is 35.5. The van der Waals surface area contributed by atoms with E-state index in [1.54, 1.807) is 6.07 Å². The molecule has 0 aliphatic rings. The van der Waals surface area contributed by atoms with Crippen molar-refractivity contribution in [1.82, 2.24) is 4.98 Å². The second-order valence-electron chi connectivity index (χ2n) is 4.66. The summed E-state index contributed by atoms with van der Waals surface area (Å²) >= 11 is 5.96. The molecule has 0 fully saturated rings. The van der Waals surface area contributed by atoms with Crippen LogP contribution in [0, 0.1) is 6.92 Å². The Labute approximate surface area is 122 Å². The summed E-state index contributed by atoms with van der Waals surface area (Å²) in [7, 11) is 1.91. The first kappa shape index (κ1) is 14.3. The van der Waals surface area contributed by atoms with E-state index in [1.165, 1.54) is 6.20 Å². The van der Waals surface area contributed by atoms with Gasteiger partial charge in [-0.3, -0.25) is 0 Å². The van der Waals surface area contributed by atoms with Crippen molar-refractivity contribution in [2.24, 2.45) is 0 Å². The summed E-state index contributed by atoms with van der Waals surface area (Å²) in [6.45, 7) is 2.50. The molecule has 1 aromatic carbocycles. The molecule has 4 nitrogen and oxygen atoms in total. The van der Waals surface area contributed by atoms with E-state index in [0.29, 0.717) is 11.6 Å². The molecule has 0 saturated carbocycles. The van der Waals surface area contributed by atoms with Crippen molar-refractivity contribution in [3.63, 3.8) is 0 Å². The van der Waals surface area contributed by atoms with E-state index in [2.05, 4.69) is 4.98 Å². The number of aryl methyl sites for hydroxylation is 1. The normalized spacial score (nSPS) is 10.3. The predicted octanol–water partition coefficient (Wildman–Crippen LogP) is 3.38. The molecule has 0 amide bonds. The zero-order valence-electron chi connectivity index (χ0n) is 11.3. The van der Waals surface area contributed by atoms with Gasteiger partial charge in [0.15, 0.2) is 0 Å². The summed E-state index contributed by atoms with van der Waals surface area (Å²) < 4.78 is 0. The number of hydrogen-bond donors (Lipinski definition) is 1. The molecule has 5 heteroatoms. The SMILES string of the molecule is Cc1cc(C(=O)O)cnc1N(C)Cc1cccc(Cl)c1. The molecular formula is C15H15ClN2O2. The van der Waals surface area contributed by atoms with Gasteiger partial charge >= 0.3 is 5.97 Å². The fourth-order valence-electron chi connectivity index (χ4n) is 2.07. The first-order valence-corrected chi connectivity index (χ1v) is 6.50. The van der Waals surface area contributed by atoms with Crippen molar-refractivity contribution in [3.05, 3.63) is 58.2 Å². The molecule has 0 atom stereocenters. The van der Waals surface area contributed by atoms with Crippen LogP contribution in [0.5, 0.6) is 0 Å². The van der Waals surface area contributed by atoms with Crippen LogP contribution >= 0.6 is 11.6 Å². The molecule has 2 aromatic rings. The largest absolute Gasteiger partial charge is 0.478 e. The van der Waals surface area contributed by atoms with Crippen LogP contribution in [0.25, 0.3) is 0 Å². The number of pyridine rings is 1. The second kappa shape index (κ2) is 5.92. The Kier molecular flexibility index (Phi) is 4.25. The maximum absolute atomic E-state index is 10.9. The lowest BCUT2D eigenvalue weighted by molar-refractivity contribution is 0.0696. The topological polar surface area (TPSA) is 53.4 Å². The van der Waals surface area contributed by atoms with E-state index in [-0.39, 0.29) is 5.56 Å². The third-order valence-corrected chi connectivity index (χ3v) is 3.20. The molecule has 1 N–H and O–H groups in total. The molecule has 0 spiro atoms. The Morgan fingerprint density at radius 2 is 2.15 bits per heavy atom. The lowest BCUT2D eigenvalue weighted by atomic mass is 10.1. The molecule has 0 saturated heterocycles. The maximum Gasteiger partial charge on any atom is 0.337 e. The third-order valence-electron chi connectivity index (χ3n) is 2.97. The van der Waals surface area contributed by atoms with Crippen LogP contribution in [-0.4, -0.2) is 23.1 Å². The zero-order chi connectivity index (χ0) is 14.7. The molecule has 0 aliphatic heterocycles. The minimum absolute atomic E-state index is 0.197. The molecule has 0 aliphatic carbocycles. The van der Waals surface area contributed by atoms with Gasteiger partial charge in [0.1, 0.15) is 5.82 Å². The number of aromatic carboxylic acids is 1. The van der Waals surface area contributed by atoms with Gasteiger partial charge in [-0.15, -0.1) is 0 Å². The second-order valence-corrected chi connectivity index (χ2v) is 5.09. The number of anilines is 1. The van der Waals surface area contributed by atoms with Crippen molar-refractivity contribution in [3.8, 4) is 0 Å². The quantitative estimate of drug-likeness (QED) is 0.938. The molecule has 0 unspecified atom stereocenters. The van der Waals surface area contributed by atoms with Gasteiger partial charge < -0.3 is 10.0 Å². The Balaban J connectivity index is 2.21. The van der Waals surface area contributed by atoms with Crippen LogP contribution < -0.4 is 4.90 Å². The highest BCUT2D eigenvalue weighted by Crippen LogP contribution is 2.20. The molecule has 20 heavy (non-hydrogen) atoms. The van der Waals surface area contributed by atoms with Gasteiger partial charge in [0, 0.05) is 24.8 Å². The first-order valence-electron chi connectivity index (χ1n) is 6.13. The number of nitrogens with zero attached hydrogens (tertiary/aromatic N) is 2. The molecule has 1 heterocycles. The lowest BCUT2D eigenvalue weighted by Crippen LogP contribution is -2.19. The van der Waals surface area contributed by atoms with Gasteiger partial charge in [-0.1, -0.05) is 23.7 Å². The minimum atomic E-state index is -0.968. The fourth-order valence-corrected chi connectivity index (χ4v) is 2.28. The van der Waals surface area contributed by atoms with Crippen molar-refractivity contribution in [2.75, 3.05) is 11.9 Å². The van der Waals surface area contributed by atoms with Crippen LogP contribution in [0.2, 0.25) is 5.02 Å². The maximum atomic E-state index is 10.9. The molecular weight excluding hydrogens is 276 g/mol. The van der Waals surface area contributed by atoms with Gasteiger partial charge in [0.25, 0.3) is 0 Å². The molecule has 104 valence electrons. The third kappa shape index (κ3) is 3.27. The van der Waals surface area contributed by atoms with Gasteiger partial charge in [-0.2, -0.15) is 0 Å². The number of carbonyl (C=O) groups is 1. The van der Waals surface area contributed by atoms with Crippen LogP contribution in [0.4, 0.5) is 5.82 Å². The van der Waals surface area contributed by atoms with E-state index >= 15 is 0 Å². The van der Waals surface area contributed by atoms with Crippen LogP contribution in [0.3, 0.4) is 0 Å². The number of hydrogen-bond acceptors (Lipinski definition) is 3. The number of benzene rings is 1. The zero-order valence-corrected chi connectivity index (χ0v) is 12.1. The predicted molar refractivity (Wildman–Crippen MR) is 79.5 cm³/mol. The summed E-state index contributed by atoms with van der Waals surface area (Å²) in [5.74, 6) is -0.209. The Morgan fingerprint density at radius 3 is 2.75 bits per heavy atom. The summed E-state index contributed by atoms with van der Waals surface area (Å²) in [6.07, 6.45) is 1.37. The average Bonchev–Trinajstić information content (AvgIpc) is 2.38. The van der Waals surface area contributed by atoms with E-state index in [9.17, 15) is 4.79 Å². The fraction of sp³-hybridized carbons (Fsp3) is 0.200. The minimum Gasteiger partial charge on any atom is -0.478 e. The number of halogens is 1. The highest BCUT2D eigenvalue weighted by molar-refractivity contribution is 6.30. The van der Waals surface area contributed by atoms with Gasteiger partial charge in [0.2, 0.25) is 0 Å². The standard InChI is InChI=1S/C15H15ClN2O2/c1-10-6-12(15(19)20)8-17-14(10)18(2)9-11-4-3-5-13(16)7-11/h3-8H,9H2,1-2H3,(H,19,20). The van der Waals surface area contributed by atoms with Crippen molar-refractivity contribution < 1.29 is 9.90 Å². The Hall–Kier alpha value is -2.07. The van der Waals surface area contributed by atoms with Gasteiger partial charge in [-0.25, -0.2) is 9.78 Å². The van der Waals surface area contributed by atoms with Crippen molar-refractivity contribution in [1.29, 1.82) is 0 Å². The summed E-state index contributed by atoms with van der Waals surface area (Å²) in [5, 5.41) is 9.63. The van der Waals surface area contributed by atoms with E-state index < -0.39 is 5.97 Å². The number of aromatic nitrogens is 1. The van der Waals surface area contributed by atoms with E-state index in [0.717, 1.165) is 16.9 Å². The molecule has 2 rings (SSSR count). The van der Waals surface area contributed by atoms with E-state index in [4.69, 9.17) is 16.7 Å². The Bertz CT molecular complexity index is 644. The monoisotopic (exact) mass is 290 g/mol. The van der Waals surface area contributed by atoms with Crippen molar-refractivity contribution in [2.45, 2.75) is 13.5 Å². The van der Waals surface area contributed by atoms with Crippen LogP contribution in [0.1, 0.15) is 21.5 Å². The highest BCUT2D eigenvalue weighted by Gasteiger charge is 2.11. The van der Waals surface area contributed by atoms with Crippen molar-refractivity contribution >= 4 is 23.4 Å². The van der Waals surface area contributed by atoms with Gasteiger partial charge in [0.05, 0.1) is 5.56 Å². The Morgan fingerprint density at radius 1 is 1.40 bits per heavy atom. The smallest absolute Gasteiger partial charge is 0.337 e. The van der Waals surface area contributed by atoms with Gasteiger partial charge in [-0.05, 0) is 36.2 Å². The summed E-state index contributed by atoms with van der Waals surface area (Å²) in [4.78, 5) is 17.1. The lowest BCUT2D eigenvalue weighted by Gasteiger charge is -2.20. The summed E-state index contributed by atoms with van der Waals surface area (Å²) in [5.41, 5.74) is 2.10. The first-order chi connectivity index (χ1) is 9.47. The summed E-state index contributed by atoms with van der Waals surface area (Å²) in [6, 6.07) is 9.25. The molecule has 1 aromatic heterocycles. The number of rotatable bonds is 4. The average molecular weight is 291 g/mol. The van der Waals surface area contributed by atoms with Crippen LogP contribution in [0.15, 0.2) is 36.5 Å². The molecule has 0 bridgehead atoms. The molecule has 0 radical (unpaired) electrons. The van der Waals surface area contributed by atoms with Crippen LogP contribution in [-0.2, 0) is 6.54 Å². The van der Waals surface area contributed by atoms with E-state index in [1.807, 2.05) is 43.1 Å². The number of carboxylic acid groups (broad SMARTS) is 1. The number of carboxylic acids is 1.